The molecule has 0 aliphatic heterocycles. The molecule has 0 spiro atoms. The van der Waals surface area contributed by atoms with Crippen LogP contribution in [0.3, 0.4) is 0 Å². The summed E-state index contributed by atoms with van der Waals surface area (Å²) in [4.78, 5) is 0. The zero-order chi connectivity index (χ0) is 15.8. The van der Waals surface area contributed by atoms with Gasteiger partial charge in [0.05, 0.1) is 0 Å². The Hall–Kier alpha value is -0.400. The first kappa shape index (κ1) is 20.9. The minimum Gasteiger partial charge on any atom is -1.00 e. The zero-order valence-electron chi connectivity index (χ0n) is 14.5. The van der Waals surface area contributed by atoms with Gasteiger partial charge < -0.3 is 24.8 Å². The molecule has 2 aliphatic rings. The van der Waals surface area contributed by atoms with E-state index in [4.69, 9.17) is 0 Å². The van der Waals surface area contributed by atoms with E-state index in [-0.39, 0.29) is 30.2 Å². The van der Waals surface area contributed by atoms with E-state index < -0.39 is 20.4 Å². The molecule has 0 nitrogen and oxygen atoms in total. The van der Waals surface area contributed by atoms with E-state index in [1.807, 2.05) is 0 Å². The van der Waals surface area contributed by atoms with Crippen molar-refractivity contribution in [2.75, 3.05) is 0 Å². The van der Waals surface area contributed by atoms with Crippen molar-refractivity contribution >= 4 is 17.6 Å². The third-order valence-corrected chi connectivity index (χ3v) is 26.7. The largest absolute Gasteiger partial charge is 1.00 e. The van der Waals surface area contributed by atoms with E-state index >= 15 is 0 Å². The normalized spacial score (nSPS) is 18.4. The molecule has 0 saturated carbocycles. The minimum absolute atomic E-state index is 0. The second-order valence-corrected chi connectivity index (χ2v) is 23.8. The Balaban J connectivity index is 0.00000113. The second kappa shape index (κ2) is 9.00. The Kier molecular flexibility index (Phi) is 7.52. The Morgan fingerprint density at radius 3 is 1.68 bits per heavy atom. The fourth-order valence-electron chi connectivity index (χ4n) is 3.97. The van der Waals surface area contributed by atoms with Gasteiger partial charge in [0, 0.05) is 0 Å². The number of allylic oxidation sites excluding steroid dienone is 2. The number of hydrogen-bond donors (Lipinski definition) is 0. The first-order valence-electron chi connectivity index (χ1n) is 8.53. The van der Waals surface area contributed by atoms with Crippen LogP contribution < -0.4 is 24.8 Å². The summed E-state index contributed by atoms with van der Waals surface area (Å²) in [5.41, 5.74) is 5.96. The predicted octanol–water partition coefficient (Wildman–Crippen LogP) is -0.210. The van der Waals surface area contributed by atoms with E-state index in [1.165, 1.54) is 17.2 Å². The molecule has 4 rings (SSSR count). The average Bonchev–Trinajstić information content (AvgIpc) is 3.20. The molecule has 2 aliphatic carbocycles. The molecule has 0 fully saturated rings. The van der Waals surface area contributed by atoms with Crippen LogP contribution >= 0.6 is 0 Å². The second-order valence-electron chi connectivity index (χ2n) is 6.52. The zero-order valence-corrected chi connectivity index (χ0v) is 19.5. The van der Waals surface area contributed by atoms with Gasteiger partial charge in [0.2, 0.25) is 0 Å². The third-order valence-electron chi connectivity index (χ3n) is 5.29. The van der Waals surface area contributed by atoms with Crippen LogP contribution in [-0.4, -0.2) is 5.43 Å². The van der Waals surface area contributed by atoms with Crippen molar-refractivity contribution in [3.05, 3.63) is 82.9 Å². The fourth-order valence-corrected chi connectivity index (χ4v) is 24.6. The van der Waals surface area contributed by atoms with Crippen molar-refractivity contribution in [1.29, 1.82) is 0 Å². The topological polar surface area (TPSA) is 0 Å². The summed E-state index contributed by atoms with van der Waals surface area (Å²) in [6, 6.07) is 19.6. The van der Waals surface area contributed by atoms with Crippen LogP contribution in [0.15, 0.2) is 60.7 Å². The van der Waals surface area contributed by atoms with Gasteiger partial charge in [-0.25, -0.2) is 0 Å². The number of rotatable bonds is 3. The monoisotopic (exact) mass is 462 g/mol. The molecule has 0 radical (unpaired) electrons. The molecular weight excluding hydrogens is 442 g/mol. The summed E-state index contributed by atoms with van der Waals surface area (Å²) in [6.07, 6.45) is 9.88. The van der Waals surface area contributed by atoms with Gasteiger partial charge in [-0.05, 0) is 0 Å². The van der Waals surface area contributed by atoms with Crippen LogP contribution in [-0.2, 0) is 20.4 Å². The van der Waals surface area contributed by atoms with Gasteiger partial charge in [-0.15, -0.1) is 0 Å². The van der Waals surface area contributed by atoms with Crippen molar-refractivity contribution in [1.82, 2.24) is 0 Å². The molecule has 0 heterocycles. The van der Waals surface area contributed by atoms with Crippen molar-refractivity contribution in [2.45, 2.75) is 26.8 Å². The Bertz CT molecular complexity index is 791. The van der Waals surface area contributed by atoms with Gasteiger partial charge in [0.15, 0.2) is 0 Å². The maximum Gasteiger partial charge on any atom is -1.00 e. The minimum atomic E-state index is -1.69. The smallest absolute Gasteiger partial charge is 1.00 e. The maximum atomic E-state index is 2.61. The van der Waals surface area contributed by atoms with E-state index in [9.17, 15) is 0 Å². The van der Waals surface area contributed by atoms with E-state index in [0.717, 1.165) is 7.25 Å². The van der Waals surface area contributed by atoms with Crippen molar-refractivity contribution in [3.8, 4) is 0 Å². The molecule has 0 saturated heterocycles. The molecule has 128 valence electrons. The Morgan fingerprint density at radius 1 is 0.800 bits per heavy atom. The van der Waals surface area contributed by atoms with Crippen molar-refractivity contribution < 1.29 is 45.2 Å². The van der Waals surface area contributed by atoms with E-state index in [1.54, 1.807) is 11.1 Å². The van der Waals surface area contributed by atoms with Crippen LogP contribution in [0.5, 0.6) is 0 Å². The predicted molar refractivity (Wildman–Crippen MR) is 98.5 cm³/mol. The Labute approximate surface area is 171 Å². The van der Waals surface area contributed by atoms with Crippen molar-refractivity contribution in [2.24, 2.45) is 0 Å². The van der Waals surface area contributed by atoms with Crippen LogP contribution in [0, 0.1) is 0 Å². The summed E-state index contributed by atoms with van der Waals surface area (Å²) < 4.78 is 1.54. The molecule has 4 heteroatoms. The number of halogens is 2. The van der Waals surface area contributed by atoms with E-state index in [2.05, 4.69) is 86.3 Å². The number of benzene rings is 2. The molecule has 25 heavy (non-hydrogen) atoms. The van der Waals surface area contributed by atoms with Crippen LogP contribution in [0.1, 0.15) is 36.4 Å². The van der Waals surface area contributed by atoms with Gasteiger partial charge in [0.1, 0.15) is 0 Å². The molecule has 0 bridgehead atoms. The van der Waals surface area contributed by atoms with Gasteiger partial charge in [-0.2, -0.15) is 0 Å². The first-order valence-corrected chi connectivity index (χ1v) is 17.3. The van der Waals surface area contributed by atoms with Crippen molar-refractivity contribution in [3.63, 3.8) is 0 Å². The van der Waals surface area contributed by atoms with Crippen LogP contribution in [0.2, 0.25) is 12.6 Å². The number of fused-ring (bicyclic) bond motifs is 2. The SMILES string of the molecule is CC[Si](C)=[Zr+2]([CH]1C=Cc2ccccc21)[CH]1C=Cc2ccccc21.[Cl-].[Cl-]. The molecule has 2 aromatic rings. The molecule has 0 amide bonds. The summed E-state index contributed by atoms with van der Waals surface area (Å²) in [6.45, 7) is 5.03. The van der Waals surface area contributed by atoms with Gasteiger partial charge >= 0.3 is 148 Å². The van der Waals surface area contributed by atoms with Gasteiger partial charge in [-0.1, -0.05) is 0 Å². The summed E-state index contributed by atoms with van der Waals surface area (Å²) in [5, 5.41) is 0. The fraction of sp³-hybridized carbons (Fsp3) is 0.238. The summed E-state index contributed by atoms with van der Waals surface area (Å²) in [7, 11) is 0. The average molecular weight is 465 g/mol. The summed E-state index contributed by atoms with van der Waals surface area (Å²) in [5.74, 6) is 0. The Morgan fingerprint density at radius 2 is 1.24 bits per heavy atom. The van der Waals surface area contributed by atoms with Gasteiger partial charge in [0.25, 0.3) is 0 Å². The number of hydrogen-bond acceptors (Lipinski definition) is 0. The molecule has 2 atom stereocenters. The molecule has 2 aromatic carbocycles. The van der Waals surface area contributed by atoms with Gasteiger partial charge in [-0.3, -0.25) is 0 Å². The molecule has 0 aromatic heterocycles. The standard InChI is InChI=1S/2C9H7.C3H8Si.2ClH.Zr/c2*1-2-5-9-7-3-6-8(9)4-1;1-3-4-2;;;/h2*1-7H;3H2,1-2H3;2*1H;/q;;;;;+2/p-2. The van der Waals surface area contributed by atoms with Crippen LogP contribution in [0.25, 0.3) is 12.2 Å². The first-order chi connectivity index (χ1) is 11.3. The maximum absolute atomic E-state index is 2.61. The molecule has 0 N–H and O–H groups in total. The summed E-state index contributed by atoms with van der Waals surface area (Å²) >= 11 is -1.69. The quantitative estimate of drug-likeness (QED) is 0.552. The third kappa shape index (κ3) is 3.83. The van der Waals surface area contributed by atoms with E-state index in [0.29, 0.717) is 0 Å². The molecular formula is C21H22Cl2SiZr. The molecule has 2 unspecified atom stereocenters. The van der Waals surface area contributed by atoms with Crippen LogP contribution in [0.4, 0.5) is 0 Å².